The van der Waals surface area contributed by atoms with Gasteiger partial charge in [0.25, 0.3) is 5.91 Å². The Morgan fingerprint density at radius 3 is 2.71 bits per heavy atom. The molecule has 4 heteroatoms. The van der Waals surface area contributed by atoms with E-state index in [2.05, 4.69) is 4.98 Å². The molecular formula is C20H16N2O2. The van der Waals surface area contributed by atoms with Gasteiger partial charge in [0.1, 0.15) is 0 Å². The molecule has 1 amide bonds. The molecule has 1 aliphatic heterocycles. The largest absolute Gasteiger partial charge is 0.436 e. The molecule has 0 aliphatic carbocycles. The Morgan fingerprint density at radius 2 is 1.83 bits per heavy atom. The minimum atomic E-state index is -0.0409. The average Bonchev–Trinajstić information content (AvgIpc) is 2.78. The van der Waals surface area contributed by atoms with E-state index in [-0.39, 0.29) is 5.91 Å². The van der Waals surface area contributed by atoms with Crippen LogP contribution in [0.2, 0.25) is 0 Å². The molecule has 24 heavy (non-hydrogen) atoms. The number of fused-ring (bicyclic) bond motifs is 2. The number of aromatic nitrogens is 1. The molecule has 0 bridgehead atoms. The Kier molecular flexibility index (Phi) is 3.50. The molecule has 4 nitrogen and oxygen atoms in total. The van der Waals surface area contributed by atoms with Gasteiger partial charge in [-0.15, -0.1) is 0 Å². The van der Waals surface area contributed by atoms with Gasteiger partial charge in [0.2, 0.25) is 5.88 Å². The van der Waals surface area contributed by atoms with Gasteiger partial charge in [0, 0.05) is 17.3 Å². The van der Waals surface area contributed by atoms with Gasteiger partial charge in [0.05, 0.1) is 12.2 Å². The number of pyridine rings is 1. The number of hydrogen-bond donors (Lipinski definition) is 0. The minimum absolute atomic E-state index is 0.0409. The third-order valence-electron chi connectivity index (χ3n) is 4.16. The van der Waals surface area contributed by atoms with Crippen LogP contribution in [0.25, 0.3) is 0 Å². The number of carbonyl (C=O) groups excluding carboxylic acids is 1. The van der Waals surface area contributed by atoms with Crippen LogP contribution in [0.1, 0.15) is 21.5 Å². The molecule has 0 saturated carbocycles. The monoisotopic (exact) mass is 316 g/mol. The fourth-order valence-corrected chi connectivity index (χ4v) is 2.90. The maximum absolute atomic E-state index is 13.2. The van der Waals surface area contributed by atoms with Gasteiger partial charge >= 0.3 is 0 Å². The number of ether oxygens (including phenoxy) is 1. The molecule has 2 heterocycles. The van der Waals surface area contributed by atoms with Gasteiger partial charge < -0.3 is 9.64 Å². The van der Waals surface area contributed by atoms with Crippen molar-refractivity contribution in [1.82, 2.24) is 4.98 Å². The predicted octanol–water partition coefficient (Wildman–Crippen LogP) is 4.34. The predicted molar refractivity (Wildman–Crippen MR) is 92.4 cm³/mol. The fourth-order valence-electron chi connectivity index (χ4n) is 2.90. The minimum Gasteiger partial charge on any atom is -0.436 e. The van der Waals surface area contributed by atoms with Crippen LogP contribution in [-0.2, 0) is 6.54 Å². The number of rotatable bonds is 1. The van der Waals surface area contributed by atoms with E-state index >= 15 is 0 Å². The quantitative estimate of drug-likeness (QED) is 0.670. The fraction of sp³-hybridized carbons (Fsp3) is 0.100. The second kappa shape index (κ2) is 5.81. The summed E-state index contributed by atoms with van der Waals surface area (Å²) in [6.45, 7) is 2.37. The van der Waals surface area contributed by atoms with Crippen LogP contribution in [0.3, 0.4) is 0 Å². The average molecular weight is 316 g/mol. The highest BCUT2D eigenvalue weighted by molar-refractivity contribution is 6.07. The number of nitrogens with zero attached hydrogens (tertiary/aromatic N) is 2. The van der Waals surface area contributed by atoms with Crippen molar-refractivity contribution in [1.29, 1.82) is 0 Å². The molecular weight excluding hydrogens is 300 g/mol. The number of anilines is 1. The summed E-state index contributed by atoms with van der Waals surface area (Å²) in [4.78, 5) is 19.3. The molecule has 2 aromatic carbocycles. The van der Waals surface area contributed by atoms with E-state index in [9.17, 15) is 4.79 Å². The first kappa shape index (κ1) is 14.5. The molecule has 0 radical (unpaired) electrons. The highest BCUT2D eigenvalue weighted by Gasteiger charge is 2.27. The molecule has 0 fully saturated rings. The van der Waals surface area contributed by atoms with Crippen LogP contribution in [-0.4, -0.2) is 10.9 Å². The van der Waals surface area contributed by atoms with Crippen molar-refractivity contribution < 1.29 is 9.53 Å². The molecule has 118 valence electrons. The number of para-hydroxylation sites is 2. The summed E-state index contributed by atoms with van der Waals surface area (Å²) < 4.78 is 5.94. The van der Waals surface area contributed by atoms with Crippen molar-refractivity contribution in [3.8, 4) is 11.6 Å². The Bertz CT molecular complexity index is 921. The zero-order valence-electron chi connectivity index (χ0n) is 13.3. The van der Waals surface area contributed by atoms with Crippen molar-refractivity contribution in [3.05, 3.63) is 83.6 Å². The first-order chi connectivity index (χ1) is 11.7. The number of hydrogen-bond acceptors (Lipinski definition) is 3. The molecule has 0 N–H and O–H groups in total. The summed E-state index contributed by atoms with van der Waals surface area (Å²) in [5.74, 6) is 1.14. The zero-order valence-corrected chi connectivity index (χ0v) is 13.3. The maximum Gasteiger partial charge on any atom is 0.258 e. The Labute approximate surface area is 140 Å². The van der Waals surface area contributed by atoms with E-state index in [0.717, 1.165) is 16.8 Å². The number of amides is 1. The van der Waals surface area contributed by atoms with Gasteiger partial charge in [-0.3, -0.25) is 4.79 Å². The summed E-state index contributed by atoms with van der Waals surface area (Å²) in [6, 6.07) is 19.0. The third-order valence-corrected chi connectivity index (χ3v) is 4.16. The van der Waals surface area contributed by atoms with Crippen LogP contribution in [0.15, 0.2) is 66.9 Å². The highest BCUT2D eigenvalue weighted by atomic mass is 16.5. The van der Waals surface area contributed by atoms with Crippen molar-refractivity contribution >= 4 is 11.6 Å². The molecule has 0 saturated heterocycles. The van der Waals surface area contributed by atoms with Crippen molar-refractivity contribution in [2.75, 3.05) is 4.90 Å². The number of carbonyl (C=O) groups is 1. The SMILES string of the molecule is Cc1ccccc1C(=O)N1Cc2cccnc2Oc2ccccc21. The standard InChI is InChI=1S/C20H16N2O2/c1-14-7-2-3-9-16(14)20(23)22-13-15-8-6-12-21-19(15)24-18-11-5-4-10-17(18)22/h2-12H,13H2,1H3. The Balaban J connectivity index is 1.85. The molecule has 3 aromatic rings. The van der Waals surface area contributed by atoms with Gasteiger partial charge in [-0.25, -0.2) is 4.98 Å². The van der Waals surface area contributed by atoms with E-state index < -0.39 is 0 Å². The summed E-state index contributed by atoms with van der Waals surface area (Å²) in [5.41, 5.74) is 3.29. The van der Waals surface area contributed by atoms with E-state index in [4.69, 9.17) is 4.74 Å². The normalized spacial score (nSPS) is 12.6. The van der Waals surface area contributed by atoms with Gasteiger partial charge in [-0.2, -0.15) is 0 Å². The van der Waals surface area contributed by atoms with Crippen molar-refractivity contribution in [2.24, 2.45) is 0 Å². The smallest absolute Gasteiger partial charge is 0.258 e. The van der Waals surface area contributed by atoms with E-state index in [1.54, 1.807) is 11.1 Å². The Morgan fingerprint density at radius 1 is 1.04 bits per heavy atom. The van der Waals surface area contributed by atoms with Crippen LogP contribution < -0.4 is 9.64 Å². The van der Waals surface area contributed by atoms with Crippen LogP contribution in [0.5, 0.6) is 11.6 Å². The number of aryl methyl sites for hydroxylation is 1. The topological polar surface area (TPSA) is 42.4 Å². The lowest BCUT2D eigenvalue weighted by Crippen LogP contribution is -2.30. The highest BCUT2D eigenvalue weighted by Crippen LogP contribution is 2.38. The van der Waals surface area contributed by atoms with E-state index in [1.165, 1.54) is 0 Å². The summed E-state index contributed by atoms with van der Waals surface area (Å²) in [7, 11) is 0. The van der Waals surface area contributed by atoms with Gasteiger partial charge in [-0.05, 0) is 36.8 Å². The zero-order chi connectivity index (χ0) is 16.5. The summed E-state index contributed by atoms with van der Waals surface area (Å²) in [6.07, 6.45) is 1.69. The molecule has 4 rings (SSSR count). The van der Waals surface area contributed by atoms with E-state index in [1.807, 2.05) is 67.6 Å². The lowest BCUT2D eigenvalue weighted by Gasteiger charge is -2.22. The maximum atomic E-state index is 13.2. The summed E-state index contributed by atoms with van der Waals surface area (Å²) in [5, 5.41) is 0. The lowest BCUT2D eigenvalue weighted by molar-refractivity contribution is 0.0984. The Hall–Kier alpha value is -3.14. The van der Waals surface area contributed by atoms with E-state index in [0.29, 0.717) is 23.7 Å². The molecule has 0 atom stereocenters. The first-order valence-corrected chi connectivity index (χ1v) is 7.82. The van der Waals surface area contributed by atoms with Crippen molar-refractivity contribution in [3.63, 3.8) is 0 Å². The first-order valence-electron chi connectivity index (χ1n) is 7.82. The van der Waals surface area contributed by atoms with Crippen molar-refractivity contribution in [2.45, 2.75) is 13.5 Å². The third kappa shape index (κ3) is 2.42. The van der Waals surface area contributed by atoms with Crippen LogP contribution >= 0.6 is 0 Å². The second-order valence-electron chi connectivity index (χ2n) is 5.74. The van der Waals surface area contributed by atoms with Crippen LogP contribution in [0, 0.1) is 6.92 Å². The second-order valence-corrected chi connectivity index (χ2v) is 5.74. The van der Waals surface area contributed by atoms with Crippen LogP contribution in [0.4, 0.5) is 5.69 Å². The molecule has 1 aromatic heterocycles. The molecule has 1 aliphatic rings. The molecule has 0 spiro atoms. The summed E-state index contributed by atoms with van der Waals surface area (Å²) >= 11 is 0. The molecule has 0 unspecified atom stereocenters. The van der Waals surface area contributed by atoms with Gasteiger partial charge in [-0.1, -0.05) is 36.4 Å². The number of benzene rings is 2. The van der Waals surface area contributed by atoms with Gasteiger partial charge in [0.15, 0.2) is 5.75 Å². The lowest BCUT2D eigenvalue weighted by atomic mass is 10.1.